The predicted molar refractivity (Wildman–Crippen MR) is 156 cm³/mol. The summed E-state index contributed by atoms with van der Waals surface area (Å²) >= 11 is 0. The number of H-pyrrole nitrogens is 1. The van der Waals surface area contributed by atoms with E-state index < -0.39 is 0 Å². The molecule has 6 aromatic carbocycles. The molecule has 1 N–H and O–H groups in total. The molecular formula is C34H19N3. The summed E-state index contributed by atoms with van der Waals surface area (Å²) < 4.78 is 5.07. The Kier molecular flexibility index (Phi) is 2.98. The van der Waals surface area contributed by atoms with Crippen LogP contribution in [0, 0.1) is 0 Å². The zero-order chi connectivity index (χ0) is 23.8. The van der Waals surface area contributed by atoms with Crippen molar-refractivity contribution in [1.82, 2.24) is 13.8 Å². The van der Waals surface area contributed by atoms with E-state index in [-0.39, 0.29) is 0 Å². The molecule has 170 valence electrons. The molecule has 0 atom stereocenters. The molecule has 0 amide bonds. The molecule has 0 fully saturated rings. The lowest BCUT2D eigenvalue weighted by Gasteiger charge is -2.14. The molecule has 0 radical (unpaired) electrons. The smallest absolute Gasteiger partial charge is 0.0810 e. The maximum Gasteiger partial charge on any atom is 0.0810 e. The van der Waals surface area contributed by atoms with Gasteiger partial charge in [0.05, 0.1) is 33.1 Å². The van der Waals surface area contributed by atoms with Crippen molar-refractivity contribution in [2.45, 2.75) is 0 Å². The van der Waals surface area contributed by atoms with Crippen molar-refractivity contribution in [3.8, 4) is 0 Å². The van der Waals surface area contributed by atoms with Crippen LogP contribution in [0.2, 0.25) is 0 Å². The van der Waals surface area contributed by atoms with Gasteiger partial charge in [-0.1, -0.05) is 78.9 Å². The van der Waals surface area contributed by atoms with Crippen LogP contribution in [-0.4, -0.2) is 13.8 Å². The highest BCUT2D eigenvalue weighted by Gasteiger charge is 2.25. The normalized spacial score (nSPS) is 12.9. The van der Waals surface area contributed by atoms with E-state index in [2.05, 4.69) is 123 Å². The Morgan fingerprint density at radius 1 is 0.405 bits per heavy atom. The number of benzene rings is 6. The van der Waals surface area contributed by atoms with Crippen molar-refractivity contribution in [1.29, 1.82) is 0 Å². The van der Waals surface area contributed by atoms with Gasteiger partial charge in [-0.25, -0.2) is 0 Å². The summed E-state index contributed by atoms with van der Waals surface area (Å²) in [6.07, 6.45) is 0. The van der Waals surface area contributed by atoms with Gasteiger partial charge >= 0.3 is 0 Å². The quantitative estimate of drug-likeness (QED) is 0.214. The number of nitrogens with one attached hydrogen (secondary N) is 1. The van der Waals surface area contributed by atoms with E-state index in [1.807, 2.05) is 0 Å². The van der Waals surface area contributed by atoms with Crippen molar-refractivity contribution in [2.75, 3.05) is 0 Å². The highest BCUT2D eigenvalue weighted by Crippen LogP contribution is 2.46. The van der Waals surface area contributed by atoms with Gasteiger partial charge in [-0.15, -0.1) is 0 Å². The summed E-state index contributed by atoms with van der Waals surface area (Å²) in [5.74, 6) is 0. The maximum atomic E-state index is 3.75. The van der Waals surface area contributed by atoms with Gasteiger partial charge in [-0.2, -0.15) is 0 Å². The van der Waals surface area contributed by atoms with Crippen LogP contribution in [0.1, 0.15) is 0 Å². The van der Waals surface area contributed by atoms with Crippen LogP contribution in [0.25, 0.3) is 87.2 Å². The summed E-state index contributed by atoms with van der Waals surface area (Å²) in [4.78, 5) is 3.75. The fraction of sp³-hybridized carbons (Fsp3) is 0. The first-order valence-electron chi connectivity index (χ1n) is 12.8. The molecule has 4 aromatic heterocycles. The van der Waals surface area contributed by atoms with Gasteiger partial charge in [0.1, 0.15) is 0 Å². The standard InChI is InChI=1S/C34H19N3/c1-2-10-20-19(9-1)17-29-33-30(20)23-13-5-8-16-28(23)37(33)34-31-22-12-3-6-14-25(22)35-26(31)18-24-21-11-4-7-15-27(21)36(29)32(24)34/h1-18,35H. The second-order valence-corrected chi connectivity index (χ2v) is 10.3. The number of fused-ring (bicyclic) bond motifs is 14. The van der Waals surface area contributed by atoms with Crippen LogP contribution in [0.4, 0.5) is 0 Å². The monoisotopic (exact) mass is 469 g/mol. The average Bonchev–Trinajstić information content (AvgIpc) is 3.60. The van der Waals surface area contributed by atoms with Gasteiger partial charge in [0.25, 0.3) is 0 Å². The number of para-hydroxylation sites is 3. The molecule has 4 heterocycles. The van der Waals surface area contributed by atoms with E-state index in [0.717, 1.165) is 0 Å². The highest BCUT2D eigenvalue weighted by molar-refractivity contribution is 6.33. The summed E-state index contributed by atoms with van der Waals surface area (Å²) in [7, 11) is 0. The Balaban J connectivity index is 1.72. The molecule has 37 heavy (non-hydrogen) atoms. The van der Waals surface area contributed by atoms with Crippen molar-refractivity contribution < 1.29 is 0 Å². The van der Waals surface area contributed by atoms with Crippen LogP contribution < -0.4 is 0 Å². The zero-order valence-corrected chi connectivity index (χ0v) is 19.8. The summed E-state index contributed by atoms with van der Waals surface area (Å²) in [6, 6.07) is 40.1. The highest BCUT2D eigenvalue weighted by atomic mass is 15.0. The van der Waals surface area contributed by atoms with Crippen molar-refractivity contribution in [3.63, 3.8) is 0 Å². The zero-order valence-electron chi connectivity index (χ0n) is 19.8. The lowest BCUT2D eigenvalue weighted by Crippen LogP contribution is -1.98. The van der Waals surface area contributed by atoms with Gasteiger partial charge in [0.2, 0.25) is 0 Å². The first-order chi connectivity index (χ1) is 18.4. The summed E-state index contributed by atoms with van der Waals surface area (Å²) in [5.41, 5.74) is 9.96. The molecule has 0 aliphatic rings. The third-order valence-electron chi connectivity index (χ3n) is 8.50. The molecule has 10 rings (SSSR count). The Morgan fingerprint density at radius 3 is 1.95 bits per heavy atom. The Morgan fingerprint density at radius 2 is 1.08 bits per heavy atom. The maximum absolute atomic E-state index is 3.75. The SMILES string of the molecule is c1ccc2c(c1)cc1c3c2c2ccccc2n3c2c3c(cc4c5ccccc5n1c42)[nH]c1ccccc13. The van der Waals surface area contributed by atoms with Gasteiger partial charge < -0.3 is 13.8 Å². The molecular weight excluding hydrogens is 450 g/mol. The van der Waals surface area contributed by atoms with E-state index in [0.29, 0.717) is 0 Å². The second kappa shape index (κ2) is 6.03. The molecule has 0 bridgehead atoms. The van der Waals surface area contributed by atoms with Crippen LogP contribution in [-0.2, 0) is 0 Å². The van der Waals surface area contributed by atoms with E-state index in [9.17, 15) is 0 Å². The first kappa shape index (κ1) is 18.3. The molecule has 10 aromatic rings. The number of hydrogen-bond acceptors (Lipinski definition) is 0. The van der Waals surface area contributed by atoms with Crippen LogP contribution in [0.15, 0.2) is 109 Å². The molecule has 3 nitrogen and oxygen atoms in total. The molecule has 0 unspecified atom stereocenters. The molecule has 0 aliphatic heterocycles. The number of rotatable bonds is 0. The summed E-state index contributed by atoms with van der Waals surface area (Å²) in [5, 5.41) is 10.3. The van der Waals surface area contributed by atoms with Gasteiger partial charge in [-0.3, -0.25) is 0 Å². The lowest BCUT2D eigenvalue weighted by molar-refractivity contribution is 1.27. The molecule has 0 aliphatic carbocycles. The number of aromatic amines is 1. The second-order valence-electron chi connectivity index (χ2n) is 10.3. The van der Waals surface area contributed by atoms with Gasteiger partial charge in [0.15, 0.2) is 0 Å². The minimum absolute atomic E-state index is 1.18. The van der Waals surface area contributed by atoms with Gasteiger partial charge in [0, 0.05) is 43.4 Å². The number of aromatic nitrogens is 3. The fourth-order valence-electron chi connectivity index (χ4n) is 7.13. The third-order valence-corrected chi connectivity index (χ3v) is 8.50. The van der Waals surface area contributed by atoms with Crippen molar-refractivity contribution >= 4 is 87.2 Å². The van der Waals surface area contributed by atoms with Crippen LogP contribution >= 0.6 is 0 Å². The van der Waals surface area contributed by atoms with Crippen molar-refractivity contribution in [3.05, 3.63) is 109 Å². The Bertz CT molecular complexity index is 2570. The predicted octanol–water partition coefficient (Wildman–Crippen LogP) is 9.03. The van der Waals surface area contributed by atoms with E-state index in [1.54, 1.807) is 0 Å². The Labute approximate surface area is 210 Å². The average molecular weight is 470 g/mol. The lowest BCUT2D eigenvalue weighted by atomic mass is 10.0. The number of nitrogens with zero attached hydrogens (tertiary/aromatic N) is 2. The van der Waals surface area contributed by atoms with Crippen LogP contribution in [0.5, 0.6) is 0 Å². The van der Waals surface area contributed by atoms with E-state index in [4.69, 9.17) is 0 Å². The number of hydrogen-bond donors (Lipinski definition) is 1. The molecule has 3 heteroatoms. The third kappa shape index (κ3) is 1.97. The largest absolute Gasteiger partial charge is 0.354 e. The van der Waals surface area contributed by atoms with E-state index in [1.165, 1.54) is 87.2 Å². The van der Waals surface area contributed by atoms with Crippen molar-refractivity contribution in [2.24, 2.45) is 0 Å². The first-order valence-corrected chi connectivity index (χ1v) is 12.8. The molecule has 0 saturated carbocycles. The fourth-order valence-corrected chi connectivity index (χ4v) is 7.13. The minimum atomic E-state index is 1.18. The van der Waals surface area contributed by atoms with E-state index >= 15 is 0 Å². The topological polar surface area (TPSA) is 24.6 Å². The Hall–Kier alpha value is -5.02. The van der Waals surface area contributed by atoms with Crippen LogP contribution in [0.3, 0.4) is 0 Å². The molecule has 0 spiro atoms. The minimum Gasteiger partial charge on any atom is -0.354 e. The van der Waals surface area contributed by atoms with Gasteiger partial charge in [-0.05, 0) is 41.1 Å². The summed E-state index contributed by atoms with van der Waals surface area (Å²) in [6.45, 7) is 0. The molecule has 0 saturated heterocycles.